The minimum absolute atomic E-state index is 0.200. The Kier molecular flexibility index (Phi) is 5.43. The number of sulfonamides is 1. The Morgan fingerprint density at radius 3 is 2.65 bits per heavy atom. The van der Waals surface area contributed by atoms with Crippen LogP contribution in [0.3, 0.4) is 0 Å². The van der Waals surface area contributed by atoms with E-state index in [4.69, 9.17) is 4.98 Å². The van der Waals surface area contributed by atoms with Crippen LogP contribution >= 0.6 is 0 Å². The lowest BCUT2D eigenvalue weighted by molar-refractivity contribution is 0.286. The minimum atomic E-state index is -3.11. The molecule has 1 aromatic carbocycles. The molecule has 3 aliphatic rings. The molecule has 31 heavy (non-hydrogen) atoms. The number of hydrogen-bond acceptors (Lipinski definition) is 6. The van der Waals surface area contributed by atoms with Crippen LogP contribution in [0.1, 0.15) is 50.0 Å². The summed E-state index contributed by atoms with van der Waals surface area (Å²) in [6, 6.07) is 6.69. The average molecular weight is 444 g/mol. The standard InChI is InChI=1S/C23H33N5O2S/c1-27-13-10-23(16-27)9-6-17(14-23)20-5-3-4-18-15-24-22(26-21(18)20)25-19-7-11-28(12-8-19)31(2,29)30/h3-5,15,17,19H,6-14,16H2,1-2H3,(H,24,25,26). The first-order valence-electron chi connectivity index (χ1n) is 11.5. The summed E-state index contributed by atoms with van der Waals surface area (Å²) in [6.45, 7) is 3.54. The zero-order valence-electron chi connectivity index (χ0n) is 18.5. The maximum Gasteiger partial charge on any atom is 0.223 e. The monoisotopic (exact) mass is 443 g/mol. The van der Waals surface area contributed by atoms with Gasteiger partial charge in [0.05, 0.1) is 11.8 Å². The Hall–Kier alpha value is -1.77. The molecular formula is C23H33N5O2S. The van der Waals surface area contributed by atoms with Gasteiger partial charge in [-0.2, -0.15) is 0 Å². The summed E-state index contributed by atoms with van der Waals surface area (Å²) >= 11 is 0. The van der Waals surface area contributed by atoms with Crippen molar-refractivity contribution in [2.45, 2.75) is 50.5 Å². The number of para-hydroxylation sites is 1. The van der Waals surface area contributed by atoms with Gasteiger partial charge in [0.15, 0.2) is 0 Å². The predicted molar refractivity (Wildman–Crippen MR) is 124 cm³/mol. The molecule has 2 atom stereocenters. The van der Waals surface area contributed by atoms with E-state index in [-0.39, 0.29) is 6.04 Å². The van der Waals surface area contributed by atoms with E-state index in [1.54, 1.807) is 4.31 Å². The quantitative estimate of drug-likeness (QED) is 0.783. The number of aromatic nitrogens is 2. The number of likely N-dealkylation sites (tertiary alicyclic amines) is 1. The van der Waals surface area contributed by atoms with Crippen LogP contribution < -0.4 is 5.32 Å². The molecule has 2 aliphatic heterocycles. The SMILES string of the molecule is CN1CCC2(CCC(c3cccc4cnc(NC5CCN(S(C)(=O)=O)CC5)nc34)C2)C1. The molecule has 2 unspecified atom stereocenters. The van der Waals surface area contributed by atoms with Gasteiger partial charge >= 0.3 is 0 Å². The van der Waals surface area contributed by atoms with E-state index >= 15 is 0 Å². The Morgan fingerprint density at radius 2 is 1.94 bits per heavy atom. The Morgan fingerprint density at radius 1 is 1.13 bits per heavy atom. The average Bonchev–Trinajstić information content (AvgIpc) is 3.32. The Bertz CT molecular complexity index is 1070. The number of anilines is 1. The number of nitrogens with one attached hydrogen (secondary N) is 1. The van der Waals surface area contributed by atoms with E-state index in [1.807, 2.05) is 6.20 Å². The first kappa shape index (κ1) is 21.1. The Labute approximate surface area is 185 Å². The third-order valence-corrected chi connectivity index (χ3v) is 8.97. The largest absolute Gasteiger partial charge is 0.351 e. The molecule has 2 saturated heterocycles. The Balaban J connectivity index is 1.33. The number of benzene rings is 1. The van der Waals surface area contributed by atoms with Crippen molar-refractivity contribution < 1.29 is 8.42 Å². The zero-order chi connectivity index (χ0) is 21.6. The fraction of sp³-hybridized carbons (Fsp3) is 0.652. The van der Waals surface area contributed by atoms with Crippen LogP contribution in [0.5, 0.6) is 0 Å². The lowest BCUT2D eigenvalue weighted by Crippen LogP contribution is -2.42. The molecule has 1 N–H and O–H groups in total. The van der Waals surface area contributed by atoms with Gasteiger partial charge in [-0.25, -0.2) is 22.7 Å². The van der Waals surface area contributed by atoms with E-state index in [0.29, 0.717) is 30.4 Å². The molecule has 0 radical (unpaired) electrons. The van der Waals surface area contributed by atoms with Crippen molar-refractivity contribution in [2.75, 3.05) is 44.8 Å². The second kappa shape index (κ2) is 7.98. The van der Waals surface area contributed by atoms with Crippen molar-refractivity contribution in [3.63, 3.8) is 0 Å². The van der Waals surface area contributed by atoms with Gasteiger partial charge in [0.1, 0.15) is 0 Å². The normalized spacial score (nSPS) is 28.6. The van der Waals surface area contributed by atoms with Crippen LogP contribution in [0.4, 0.5) is 5.95 Å². The highest BCUT2D eigenvalue weighted by atomic mass is 32.2. The predicted octanol–water partition coefficient (Wildman–Crippen LogP) is 3.06. The highest BCUT2D eigenvalue weighted by Crippen LogP contribution is 2.52. The first-order chi connectivity index (χ1) is 14.8. The highest BCUT2D eigenvalue weighted by Gasteiger charge is 2.43. The van der Waals surface area contributed by atoms with E-state index in [1.165, 1.54) is 50.6 Å². The third-order valence-electron chi connectivity index (χ3n) is 7.67. The van der Waals surface area contributed by atoms with Crippen LogP contribution in [-0.4, -0.2) is 73.1 Å². The molecule has 0 amide bonds. The summed E-state index contributed by atoms with van der Waals surface area (Å²) < 4.78 is 25.1. The van der Waals surface area contributed by atoms with Gasteiger partial charge in [0, 0.05) is 37.3 Å². The van der Waals surface area contributed by atoms with Gasteiger partial charge in [0.25, 0.3) is 0 Å². The van der Waals surface area contributed by atoms with Crippen LogP contribution in [0.25, 0.3) is 10.9 Å². The summed E-state index contributed by atoms with van der Waals surface area (Å²) in [4.78, 5) is 12.0. The summed E-state index contributed by atoms with van der Waals surface area (Å²) in [5.74, 6) is 1.22. The van der Waals surface area contributed by atoms with Crippen molar-refractivity contribution >= 4 is 26.9 Å². The van der Waals surface area contributed by atoms with E-state index in [2.05, 4.69) is 40.4 Å². The number of nitrogens with zero attached hydrogens (tertiary/aromatic N) is 4. The number of rotatable bonds is 4. The molecule has 5 rings (SSSR count). The molecule has 1 spiro atoms. The van der Waals surface area contributed by atoms with Gasteiger partial charge in [-0.15, -0.1) is 0 Å². The summed E-state index contributed by atoms with van der Waals surface area (Å²) in [5.41, 5.74) is 2.92. The molecule has 2 aromatic rings. The molecule has 1 aromatic heterocycles. The van der Waals surface area contributed by atoms with Gasteiger partial charge in [-0.05, 0) is 69.0 Å². The first-order valence-corrected chi connectivity index (χ1v) is 13.3. The molecule has 8 heteroatoms. The van der Waals surface area contributed by atoms with E-state index < -0.39 is 10.0 Å². The van der Waals surface area contributed by atoms with Crippen LogP contribution in [0.15, 0.2) is 24.4 Å². The van der Waals surface area contributed by atoms with Crippen LogP contribution in [0.2, 0.25) is 0 Å². The summed E-state index contributed by atoms with van der Waals surface area (Å²) in [7, 11) is -0.866. The van der Waals surface area contributed by atoms with Crippen molar-refractivity contribution in [3.05, 3.63) is 30.0 Å². The molecule has 7 nitrogen and oxygen atoms in total. The zero-order valence-corrected chi connectivity index (χ0v) is 19.4. The molecule has 168 valence electrons. The van der Waals surface area contributed by atoms with E-state index in [9.17, 15) is 8.42 Å². The van der Waals surface area contributed by atoms with Crippen molar-refractivity contribution in [3.8, 4) is 0 Å². The smallest absolute Gasteiger partial charge is 0.223 e. The van der Waals surface area contributed by atoms with Crippen molar-refractivity contribution in [2.24, 2.45) is 5.41 Å². The summed E-state index contributed by atoms with van der Waals surface area (Å²) in [6.07, 6.45) is 9.88. The van der Waals surface area contributed by atoms with Crippen molar-refractivity contribution in [1.82, 2.24) is 19.2 Å². The van der Waals surface area contributed by atoms with Crippen LogP contribution in [-0.2, 0) is 10.0 Å². The number of fused-ring (bicyclic) bond motifs is 1. The molecular weight excluding hydrogens is 410 g/mol. The van der Waals surface area contributed by atoms with Crippen molar-refractivity contribution in [1.29, 1.82) is 0 Å². The van der Waals surface area contributed by atoms with Crippen LogP contribution in [0, 0.1) is 5.41 Å². The van der Waals surface area contributed by atoms with Gasteiger partial charge in [0.2, 0.25) is 16.0 Å². The topological polar surface area (TPSA) is 78.4 Å². The number of hydrogen-bond donors (Lipinski definition) is 1. The van der Waals surface area contributed by atoms with Gasteiger partial charge in [-0.1, -0.05) is 18.2 Å². The fourth-order valence-electron chi connectivity index (χ4n) is 5.99. The lowest BCUT2D eigenvalue weighted by Gasteiger charge is -2.30. The molecule has 3 heterocycles. The fourth-order valence-corrected chi connectivity index (χ4v) is 6.87. The molecule has 3 fully saturated rings. The molecule has 1 saturated carbocycles. The lowest BCUT2D eigenvalue weighted by atomic mass is 9.83. The van der Waals surface area contributed by atoms with E-state index in [0.717, 1.165) is 23.7 Å². The summed E-state index contributed by atoms with van der Waals surface area (Å²) in [5, 5.41) is 4.56. The minimum Gasteiger partial charge on any atom is -0.351 e. The second-order valence-electron chi connectivity index (χ2n) is 9.99. The maximum absolute atomic E-state index is 11.8. The second-order valence-corrected chi connectivity index (χ2v) is 12.0. The van der Waals surface area contributed by atoms with Gasteiger partial charge in [-0.3, -0.25) is 0 Å². The highest BCUT2D eigenvalue weighted by molar-refractivity contribution is 7.88. The molecule has 0 bridgehead atoms. The maximum atomic E-state index is 11.8. The number of piperidine rings is 1. The third kappa shape index (κ3) is 4.30. The molecule has 1 aliphatic carbocycles. The van der Waals surface area contributed by atoms with Gasteiger partial charge < -0.3 is 10.2 Å².